The van der Waals surface area contributed by atoms with Crippen LogP contribution in [0, 0.1) is 11.8 Å². The van der Waals surface area contributed by atoms with Gasteiger partial charge in [-0.15, -0.1) is 5.92 Å². The molecule has 1 nitrogen and oxygen atoms in total. The van der Waals surface area contributed by atoms with Crippen LogP contribution in [0.4, 0.5) is 0 Å². The van der Waals surface area contributed by atoms with Crippen molar-refractivity contribution in [3.63, 3.8) is 0 Å². The molecule has 0 unspecified atom stereocenters. The summed E-state index contributed by atoms with van der Waals surface area (Å²) in [7, 11) is 0. The second-order valence-electron chi connectivity index (χ2n) is 3.17. The van der Waals surface area contributed by atoms with Gasteiger partial charge in [-0.05, 0) is 31.2 Å². The fourth-order valence-electron chi connectivity index (χ4n) is 1.40. The molecule has 0 aliphatic rings. The SMILES string of the molecule is CC#Cc1ccc(-c2ccccn2)cc1. The van der Waals surface area contributed by atoms with Crippen LogP contribution in [0.2, 0.25) is 0 Å². The lowest BCUT2D eigenvalue weighted by Gasteiger charge is -1.99. The van der Waals surface area contributed by atoms with Gasteiger partial charge in [0, 0.05) is 17.3 Å². The van der Waals surface area contributed by atoms with Crippen LogP contribution in [0.25, 0.3) is 11.3 Å². The zero-order valence-corrected chi connectivity index (χ0v) is 8.57. The Hall–Kier alpha value is -2.07. The van der Waals surface area contributed by atoms with E-state index in [4.69, 9.17) is 0 Å². The van der Waals surface area contributed by atoms with Gasteiger partial charge >= 0.3 is 0 Å². The third-order valence-electron chi connectivity index (χ3n) is 2.11. The molecule has 2 aromatic rings. The van der Waals surface area contributed by atoms with Gasteiger partial charge in [0.15, 0.2) is 0 Å². The zero-order chi connectivity index (χ0) is 10.5. The monoisotopic (exact) mass is 193 g/mol. The van der Waals surface area contributed by atoms with Crippen molar-refractivity contribution in [2.24, 2.45) is 0 Å². The van der Waals surface area contributed by atoms with Crippen LogP contribution < -0.4 is 0 Å². The molecule has 0 saturated heterocycles. The molecule has 0 fully saturated rings. The highest BCUT2D eigenvalue weighted by Crippen LogP contribution is 2.16. The molecule has 0 radical (unpaired) electrons. The van der Waals surface area contributed by atoms with E-state index in [0.717, 1.165) is 16.8 Å². The smallest absolute Gasteiger partial charge is 0.0701 e. The summed E-state index contributed by atoms with van der Waals surface area (Å²) in [5, 5.41) is 0. The Kier molecular flexibility index (Phi) is 2.80. The summed E-state index contributed by atoms with van der Waals surface area (Å²) in [6.07, 6.45) is 1.80. The van der Waals surface area contributed by atoms with Crippen LogP contribution in [-0.2, 0) is 0 Å². The third kappa shape index (κ3) is 2.24. The molecule has 0 N–H and O–H groups in total. The summed E-state index contributed by atoms with van der Waals surface area (Å²) >= 11 is 0. The highest BCUT2D eigenvalue weighted by molar-refractivity contribution is 5.60. The second kappa shape index (κ2) is 4.43. The molecule has 0 amide bonds. The van der Waals surface area contributed by atoms with Gasteiger partial charge in [0.2, 0.25) is 0 Å². The lowest BCUT2D eigenvalue weighted by Crippen LogP contribution is -1.82. The third-order valence-corrected chi connectivity index (χ3v) is 2.11. The van der Waals surface area contributed by atoms with Crippen molar-refractivity contribution in [1.82, 2.24) is 4.98 Å². The largest absolute Gasteiger partial charge is 0.256 e. The Bertz CT molecular complexity index is 486. The molecule has 1 heterocycles. The first-order valence-electron chi connectivity index (χ1n) is 4.84. The van der Waals surface area contributed by atoms with E-state index in [1.54, 1.807) is 6.20 Å². The number of rotatable bonds is 1. The van der Waals surface area contributed by atoms with Crippen molar-refractivity contribution in [3.05, 3.63) is 54.2 Å². The molecule has 0 saturated carbocycles. The molecule has 2 rings (SSSR count). The molecule has 0 spiro atoms. The Balaban J connectivity index is 2.35. The van der Waals surface area contributed by atoms with Crippen LogP contribution in [-0.4, -0.2) is 4.98 Å². The second-order valence-corrected chi connectivity index (χ2v) is 3.17. The Morgan fingerprint density at radius 2 is 1.80 bits per heavy atom. The van der Waals surface area contributed by atoms with E-state index in [1.807, 2.05) is 49.4 Å². The molecule has 15 heavy (non-hydrogen) atoms. The number of pyridine rings is 1. The molecule has 0 aliphatic heterocycles. The topological polar surface area (TPSA) is 12.9 Å². The summed E-state index contributed by atoms with van der Waals surface area (Å²) in [5.74, 6) is 5.89. The van der Waals surface area contributed by atoms with Crippen molar-refractivity contribution in [1.29, 1.82) is 0 Å². The molecule has 0 bridgehead atoms. The maximum absolute atomic E-state index is 4.29. The van der Waals surface area contributed by atoms with Crippen LogP contribution in [0.15, 0.2) is 48.7 Å². The predicted octanol–water partition coefficient (Wildman–Crippen LogP) is 3.12. The number of hydrogen-bond acceptors (Lipinski definition) is 1. The van der Waals surface area contributed by atoms with Gasteiger partial charge in [0.25, 0.3) is 0 Å². The number of hydrogen-bond donors (Lipinski definition) is 0. The summed E-state index contributed by atoms with van der Waals surface area (Å²) in [5.41, 5.74) is 3.16. The minimum Gasteiger partial charge on any atom is -0.256 e. The highest BCUT2D eigenvalue weighted by atomic mass is 14.7. The molecule has 1 aromatic heterocycles. The van der Waals surface area contributed by atoms with Crippen LogP contribution in [0.5, 0.6) is 0 Å². The van der Waals surface area contributed by atoms with E-state index in [1.165, 1.54) is 0 Å². The number of benzene rings is 1. The molecule has 0 atom stereocenters. The summed E-state index contributed by atoms with van der Waals surface area (Å²) < 4.78 is 0. The van der Waals surface area contributed by atoms with E-state index in [0.29, 0.717) is 0 Å². The quantitative estimate of drug-likeness (QED) is 0.634. The minimum absolute atomic E-state index is 0.994. The standard InChI is InChI=1S/C14H11N/c1-2-5-12-7-9-13(10-8-12)14-6-3-4-11-15-14/h3-4,6-11H,1H3. The molecular weight excluding hydrogens is 182 g/mol. The molecule has 1 heteroatoms. The van der Waals surface area contributed by atoms with Crippen molar-refractivity contribution in [2.75, 3.05) is 0 Å². The Morgan fingerprint density at radius 3 is 2.40 bits per heavy atom. The van der Waals surface area contributed by atoms with E-state index >= 15 is 0 Å². The van der Waals surface area contributed by atoms with E-state index in [2.05, 4.69) is 16.8 Å². The van der Waals surface area contributed by atoms with Crippen molar-refractivity contribution < 1.29 is 0 Å². The number of nitrogens with zero attached hydrogens (tertiary/aromatic N) is 1. The molecular formula is C14H11N. The molecule has 0 aliphatic carbocycles. The fourth-order valence-corrected chi connectivity index (χ4v) is 1.40. The van der Waals surface area contributed by atoms with E-state index in [-0.39, 0.29) is 0 Å². The maximum atomic E-state index is 4.29. The summed E-state index contributed by atoms with van der Waals surface area (Å²) in [6, 6.07) is 14.0. The molecule has 72 valence electrons. The van der Waals surface area contributed by atoms with Gasteiger partial charge < -0.3 is 0 Å². The van der Waals surface area contributed by atoms with Crippen molar-refractivity contribution in [2.45, 2.75) is 6.92 Å². The normalized spacial score (nSPS) is 9.13. The summed E-state index contributed by atoms with van der Waals surface area (Å²) in [6.45, 7) is 1.84. The van der Waals surface area contributed by atoms with E-state index in [9.17, 15) is 0 Å². The number of aromatic nitrogens is 1. The average Bonchev–Trinajstić information content (AvgIpc) is 2.32. The van der Waals surface area contributed by atoms with E-state index < -0.39 is 0 Å². The van der Waals surface area contributed by atoms with Crippen molar-refractivity contribution >= 4 is 0 Å². The average molecular weight is 193 g/mol. The lowest BCUT2D eigenvalue weighted by atomic mass is 10.1. The minimum atomic E-state index is 0.994. The predicted molar refractivity (Wildman–Crippen MR) is 62.2 cm³/mol. The van der Waals surface area contributed by atoms with Gasteiger partial charge in [-0.2, -0.15) is 0 Å². The van der Waals surface area contributed by atoms with Crippen LogP contribution >= 0.6 is 0 Å². The highest BCUT2D eigenvalue weighted by Gasteiger charge is 1.96. The Morgan fingerprint density at radius 1 is 1.00 bits per heavy atom. The molecule has 1 aromatic carbocycles. The first-order chi connectivity index (χ1) is 7.40. The van der Waals surface area contributed by atoms with Gasteiger partial charge in [-0.1, -0.05) is 24.1 Å². The zero-order valence-electron chi connectivity index (χ0n) is 8.57. The first kappa shape index (κ1) is 9.48. The fraction of sp³-hybridized carbons (Fsp3) is 0.0714. The first-order valence-corrected chi connectivity index (χ1v) is 4.84. The summed E-state index contributed by atoms with van der Waals surface area (Å²) in [4.78, 5) is 4.29. The maximum Gasteiger partial charge on any atom is 0.0701 e. The van der Waals surface area contributed by atoms with Gasteiger partial charge in [0.1, 0.15) is 0 Å². The van der Waals surface area contributed by atoms with Crippen molar-refractivity contribution in [3.8, 4) is 23.1 Å². The Labute approximate surface area is 89.8 Å². The van der Waals surface area contributed by atoms with Gasteiger partial charge in [0.05, 0.1) is 5.69 Å². The van der Waals surface area contributed by atoms with Gasteiger partial charge in [-0.3, -0.25) is 4.98 Å². The van der Waals surface area contributed by atoms with Crippen LogP contribution in [0.3, 0.4) is 0 Å². The van der Waals surface area contributed by atoms with Gasteiger partial charge in [-0.25, -0.2) is 0 Å². The van der Waals surface area contributed by atoms with Crippen LogP contribution in [0.1, 0.15) is 12.5 Å². The lowest BCUT2D eigenvalue weighted by molar-refractivity contribution is 1.33.